The Morgan fingerprint density at radius 2 is 2.06 bits per heavy atom. The van der Waals surface area contributed by atoms with E-state index in [2.05, 4.69) is 37.9 Å². The van der Waals surface area contributed by atoms with Crippen LogP contribution < -0.4 is 5.32 Å². The van der Waals surface area contributed by atoms with E-state index in [1.54, 1.807) is 0 Å². The van der Waals surface area contributed by atoms with Crippen molar-refractivity contribution in [2.45, 2.75) is 46.6 Å². The van der Waals surface area contributed by atoms with Crippen LogP contribution in [-0.2, 0) is 9.84 Å². The van der Waals surface area contributed by atoms with Gasteiger partial charge in [-0.05, 0) is 39.7 Å². The van der Waals surface area contributed by atoms with Crippen molar-refractivity contribution in [3.05, 3.63) is 0 Å². The average molecular weight is 271 g/mol. The number of hydrogen-bond donors (Lipinski definition) is 1. The Hall–Kier alpha value is -0.530. The molecule has 1 fully saturated rings. The van der Waals surface area contributed by atoms with E-state index in [0.29, 0.717) is 11.5 Å². The van der Waals surface area contributed by atoms with Crippen molar-refractivity contribution in [2.24, 2.45) is 11.3 Å². The summed E-state index contributed by atoms with van der Waals surface area (Å²) >= 11 is 0. The average Bonchev–Trinajstić information content (AvgIpc) is 2.56. The lowest BCUT2D eigenvalue weighted by atomic mass is 9.94. The molecule has 1 heterocycles. The number of sulfone groups is 1. The van der Waals surface area contributed by atoms with Gasteiger partial charge < -0.3 is 5.32 Å². The molecule has 1 saturated heterocycles. The fourth-order valence-corrected chi connectivity index (χ4v) is 4.11. The van der Waals surface area contributed by atoms with Crippen LogP contribution in [0.5, 0.6) is 0 Å². The van der Waals surface area contributed by atoms with Crippen molar-refractivity contribution in [3.63, 3.8) is 0 Å². The highest BCUT2D eigenvalue weighted by molar-refractivity contribution is 7.91. The van der Waals surface area contributed by atoms with Crippen molar-refractivity contribution in [1.82, 2.24) is 5.32 Å². The molecule has 18 heavy (non-hydrogen) atoms. The van der Waals surface area contributed by atoms with Gasteiger partial charge >= 0.3 is 0 Å². The summed E-state index contributed by atoms with van der Waals surface area (Å²) in [5.41, 5.74) is 0.0124. The summed E-state index contributed by atoms with van der Waals surface area (Å²) in [7, 11) is -2.80. The zero-order chi connectivity index (χ0) is 13.8. The second-order valence-corrected chi connectivity index (χ2v) is 8.31. The predicted octanol–water partition coefficient (Wildman–Crippen LogP) is 1.84. The van der Waals surface area contributed by atoms with Crippen LogP contribution in [-0.4, -0.2) is 32.5 Å². The molecule has 0 aromatic rings. The molecule has 0 radical (unpaired) electrons. The topological polar surface area (TPSA) is 46.2 Å². The molecule has 1 aliphatic heterocycles. The van der Waals surface area contributed by atoms with Gasteiger partial charge in [0.15, 0.2) is 9.84 Å². The standard InChI is InChI=1S/C14H25NO2S/c1-5-15-13(7-6-9-14(2,3)4)12-8-10-18(16,17)11-12/h12-13,15H,5,7-8,10-11H2,1-4H3. The minimum absolute atomic E-state index is 0.0124. The van der Waals surface area contributed by atoms with Gasteiger partial charge in [0.1, 0.15) is 0 Å². The molecule has 0 aromatic heterocycles. The monoisotopic (exact) mass is 271 g/mol. The van der Waals surface area contributed by atoms with Crippen LogP contribution in [0.4, 0.5) is 0 Å². The zero-order valence-corrected chi connectivity index (χ0v) is 12.7. The molecule has 0 amide bonds. The summed E-state index contributed by atoms with van der Waals surface area (Å²) in [6.07, 6.45) is 1.52. The van der Waals surface area contributed by atoms with Gasteiger partial charge in [0.25, 0.3) is 0 Å². The maximum atomic E-state index is 11.5. The first-order valence-electron chi connectivity index (χ1n) is 6.67. The maximum Gasteiger partial charge on any atom is 0.150 e. The van der Waals surface area contributed by atoms with E-state index in [1.165, 1.54) is 0 Å². The summed E-state index contributed by atoms with van der Waals surface area (Å²) in [5, 5.41) is 3.38. The van der Waals surface area contributed by atoms with Crippen LogP contribution in [0.25, 0.3) is 0 Å². The first-order valence-corrected chi connectivity index (χ1v) is 8.49. The van der Waals surface area contributed by atoms with E-state index < -0.39 is 9.84 Å². The van der Waals surface area contributed by atoms with Crippen LogP contribution in [0.2, 0.25) is 0 Å². The van der Waals surface area contributed by atoms with Gasteiger partial charge in [0.2, 0.25) is 0 Å². The third-order valence-corrected chi connectivity index (χ3v) is 4.88. The molecule has 2 atom stereocenters. The van der Waals surface area contributed by atoms with Gasteiger partial charge in [-0.15, -0.1) is 5.92 Å². The molecule has 0 aromatic carbocycles. The molecule has 0 bridgehead atoms. The molecule has 2 unspecified atom stereocenters. The van der Waals surface area contributed by atoms with Crippen molar-refractivity contribution < 1.29 is 8.42 Å². The third-order valence-electron chi connectivity index (χ3n) is 3.09. The summed E-state index contributed by atoms with van der Waals surface area (Å²) < 4.78 is 23.0. The number of nitrogens with one attached hydrogen (secondary N) is 1. The van der Waals surface area contributed by atoms with Gasteiger partial charge in [-0.3, -0.25) is 0 Å². The quantitative estimate of drug-likeness (QED) is 0.794. The molecule has 0 aliphatic carbocycles. The van der Waals surface area contributed by atoms with Crippen LogP contribution in [0.1, 0.15) is 40.5 Å². The van der Waals surface area contributed by atoms with Crippen molar-refractivity contribution in [2.75, 3.05) is 18.1 Å². The number of rotatable bonds is 4. The SMILES string of the molecule is CCNC(CC#CC(C)(C)C)C1CCS(=O)(=O)C1. The third kappa shape index (κ3) is 5.41. The van der Waals surface area contributed by atoms with E-state index >= 15 is 0 Å². The van der Waals surface area contributed by atoms with Gasteiger partial charge in [-0.1, -0.05) is 12.8 Å². The lowest BCUT2D eigenvalue weighted by Crippen LogP contribution is -2.36. The molecule has 0 saturated carbocycles. The Bertz CT molecular complexity index is 423. The van der Waals surface area contributed by atoms with E-state index in [0.717, 1.165) is 19.4 Å². The Morgan fingerprint density at radius 3 is 2.50 bits per heavy atom. The second kappa shape index (κ2) is 6.08. The Labute approximate surface area is 112 Å². The predicted molar refractivity (Wildman–Crippen MR) is 76.1 cm³/mol. The normalized spacial score (nSPS) is 24.3. The van der Waals surface area contributed by atoms with Crippen molar-refractivity contribution in [1.29, 1.82) is 0 Å². The van der Waals surface area contributed by atoms with Gasteiger partial charge in [0, 0.05) is 17.9 Å². The molecule has 0 spiro atoms. The first kappa shape index (κ1) is 15.5. The lowest BCUT2D eigenvalue weighted by molar-refractivity contribution is 0.394. The molecular weight excluding hydrogens is 246 g/mol. The van der Waals surface area contributed by atoms with E-state index in [4.69, 9.17) is 0 Å². The maximum absolute atomic E-state index is 11.5. The zero-order valence-electron chi connectivity index (χ0n) is 11.9. The molecule has 1 aliphatic rings. The smallest absolute Gasteiger partial charge is 0.150 e. The molecular formula is C14H25NO2S. The molecule has 3 nitrogen and oxygen atoms in total. The summed E-state index contributed by atoms with van der Waals surface area (Å²) in [6, 6.07) is 0.210. The van der Waals surface area contributed by atoms with Crippen molar-refractivity contribution >= 4 is 9.84 Å². The fraction of sp³-hybridized carbons (Fsp3) is 0.857. The van der Waals surface area contributed by atoms with E-state index in [-0.39, 0.29) is 17.4 Å². The van der Waals surface area contributed by atoms with Crippen LogP contribution >= 0.6 is 0 Å². The highest BCUT2D eigenvalue weighted by atomic mass is 32.2. The van der Waals surface area contributed by atoms with Crippen molar-refractivity contribution in [3.8, 4) is 11.8 Å². The summed E-state index contributed by atoms with van der Waals surface area (Å²) in [4.78, 5) is 0. The first-order chi connectivity index (χ1) is 8.23. The Morgan fingerprint density at radius 1 is 1.39 bits per heavy atom. The van der Waals surface area contributed by atoms with Crippen LogP contribution in [0, 0.1) is 23.2 Å². The Kier molecular flexibility index (Phi) is 5.24. The highest BCUT2D eigenvalue weighted by Gasteiger charge is 2.32. The summed E-state index contributed by atoms with van der Waals surface area (Å²) in [6.45, 7) is 9.17. The largest absolute Gasteiger partial charge is 0.313 e. The number of hydrogen-bond acceptors (Lipinski definition) is 3. The molecule has 1 N–H and O–H groups in total. The highest BCUT2D eigenvalue weighted by Crippen LogP contribution is 2.23. The molecule has 1 rings (SSSR count). The minimum atomic E-state index is -2.80. The van der Waals surface area contributed by atoms with Crippen LogP contribution in [0.15, 0.2) is 0 Å². The van der Waals surface area contributed by atoms with Gasteiger partial charge in [-0.2, -0.15) is 0 Å². The molecule has 104 valence electrons. The van der Waals surface area contributed by atoms with E-state index in [1.807, 2.05) is 6.92 Å². The van der Waals surface area contributed by atoms with Gasteiger partial charge in [0.05, 0.1) is 11.5 Å². The van der Waals surface area contributed by atoms with Gasteiger partial charge in [-0.25, -0.2) is 8.42 Å². The van der Waals surface area contributed by atoms with Crippen LogP contribution in [0.3, 0.4) is 0 Å². The molecule has 4 heteroatoms. The second-order valence-electron chi connectivity index (χ2n) is 6.08. The minimum Gasteiger partial charge on any atom is -0.313 e. The summed E-state index contributed by atoms with van der Waals surface area (Å²) in [5.74, 6) is 7.31. The fourth-order valence-electron chi connectivity index (χ4n) is 2.23. The lowest BCUT2D eigenvalue weighted by Gasteiger charge is -2.21. The Balaban J connectivity index is 2.63. The van der Waals surface area contributed by atoms with E-state index in [9.17, 15) is 8.42 Å².